The predicted octanol–water partition coefficient (Wildman–Crippen LogP) is 4.08. The molecule has 0 atom stereocenters. The van der Waals surface area contributed by atoms with Crippen LogP contribution in [-0.2, 0) is 0 Å². The van der Waals surface area contributed by atoms with Gasteiger partial charge in [0, 0.05) is 18.5 Å². The fraction of sp³-hybridized carbons (Fsp3) is 0.0833. The number of aryl methyl sites for hydroxylation is 1. The lowest BCUT2D eigenvalue weighted by molar-refractivity contribution is 0.473. The molecule has 1 heterocycles. The number of rotatable bonds is 2. The fourth-order valence-corrected chi connectivity index (χ4v) is 1.62. The maximum atomic E-state index is 12.9. The van der Waals surface area contributed by atoms with Gasteiger partial charge in [-0.2, -0.15) is 0 Å². The minimum absolute atomic E-state index is 0.265. The zero-order chi connectivity index (χ0) is 11.5. The molecule has 0 N–H and O–H groups in total. The van der Waals surface area contributed by atoms with Gasteiger partial charge in [0.05, 0.1) is 4.47 Å². The normalized spacial score (nSPS) is 10.2. The Labute approximate surface area is 101 Å². The summed E-state index contributed by atoms with van der Waals surface area (Å²) in [5.74, 6) is 1.02. The van der Waals surface area contributed by atoms with Crippen LogP contribution >= 0.6 is 15.9 Å². The van der Waals surface area contributed by atoms with Crippen molar-refractivity contribution in [2.24, 2.45) is 0 Å². The predicted molar refractivity (Wildman–Crippen MR) is 63.1 cm³/mol. The minimum atomic E-state index is -0.265. The molecule has 0 unspecified atom stereocenters. The largest absolute Gasteiger partial charge is 0.456 e. The van der Waals surface area contributed by atoms with Crippen LogP contribution in [0.2, 0.25) is 0 Å². The summed E-state index contributed by atoms with van der Waals surface area (Å²) in [6, 6.07) is 6.16. The summed E-state index contributed by atoms with van der Waals surface area (Å²) in [5.41, 5.74) is 0.753. The molecule has 2 aromatic rings. The van der Waals surface area contributed by atoms with Crippen molar-refractivity contribution in [1.29, 1.82) is 0 Å². The van der Waals surface area contributed by atoms with Gasteiger partial charge in [-0.05, 0) is 46.6 Å². The molecule has 0 aliphatic carbocycles. The van der Waals surface area contributed by atoms with E-state index in [1.165, 1.54) is 12.1 Å². The summed E-state index contributed by atoms with van der Waals surface area (Å²) >= 11 is 3.33. The molecule has 0 saturated heterocycles. The Morgan fingerprint density at radius 3 is 2.75 bits per heavy atom. The number of nitrogens with zero attached hydrogens (tertiary/aromatic N) is 1. The van der Waals surface area contributed by atoms with Gasteiger partial charge in [0.1, 0.15) is 17.3 Å². The molecule has 2 nitrogen and oxygen atoms in total. The van der Waals surface area contributed by atoms with E-state index in [-0.39, 0.29) is 5.82 Å². The van der Waals surface area contributed by atoms with Crippen LogP contribution in [0.1, 0.15) is 5.56 Å². The van der Waals surface area contributed by atoms with Crippen molar-refractivity contribution in [1.82, 2.24) is 4.98 Å². The van der Waals surface area contributed by atoms with Crippen molar-refractivity contribution in [3.63, 3.8) is 0 Å². The Hall–Kier alpha value is -1.42. The Bertz CT molecular complexity index is 516. The van der Waals surface area contributed by atoms with Crippen LogP contribution < -0.4 is 4.74 Å². The highest BCUT2D eigenvalue weighted by Gasteiger charge is 2.05. The molecule has 82 valence electrons. The Balaban J connectivity index is 2.31. The molecule has 1 aromatic heterocycles. The second-order valence-corrected chi connectivity index (χ2v) is 4.17. The van der Waals surface area contributed by atoms with E-state index in [1.807, 2.05) is 0 Å². The van der Waals surface area contributed by atoms with Crippen LogP contribution in [0.15, 0.2) is 41.1 Å². The van der Waals surface area contributed by atoms with Crippen molar-refractivity contribution in [2.45, 2.75) is 6.92 Å². The maximum Gasteiger partial charge on any atom is 0.144 e. The molecule has 0 radical (unpaired) electrons. The van der Waals surface area contributed by atoms with E-state index < -0.39 is 0 Å². The van der Waals surface area contributed by atoms with Crippen LogP contribution in [0.4, 0.5) is 4.39 Å². The smallest absolute Gasteiger partial charge is 0.144 e. The van der Waals surface area contributed by atoms with Crippen LogP contribution in [0, 0.1) is 12.7 Å². The quantitative estimate of drug-likeness (QED) is 0.827. The van der Waals surface area contributed by atoms with Crippen molar-refractivity contribution < 1.29 is 9.13 Å². The SMILES string of the molecule is Cc1cc(F)ccc1Oc1ccncc1Br. The van der Waals surface area contributed by atoms with Crippen molar-refractivity contribution in [2.75, 3.05) is 0 Å². The molecule has 0 amide bonds. The molecule has 2 rings (SSSR count). The molecule has 16 heavy (non-hydrogen) atoms. The van der Waals surface area contributed by atoms with Gasteiger partial charge in [0.2, 0.25) is 0 Å². The number of aromatic nitrogens is 1. The first-order chi connectivity index (χ1) is 7.66. The third-order valence-corrected chi connectivity index (χ3v) is 2.69. The summed E-state index contributed by atoms with van der Waals surface area (Å²) in [6.45, 7) is 1.80. The van der Waals surface area contributed by atoms with E-state index in [4.69, 9.17) is 4.74 Å². The first kappa shape index (κ1) is 11.1. The molecular weight excluding hydrogens is 273 g/mol. The lowest BCUT2D eigenvalue weighted by Gasteiger charge is -2.09. The van der Waals surface area contributed by atoms with Crippen LogP contribution in [-0.4, -0.2) is 4.98 Å². The lowest BCUT2D eigenvalue weighted by Crippen LogP contribution is -1.89. The number of hydrogen-bond acceptors (Lipinski definition) is 2. The molecule has 4 heteroatoms. The summed E-state index contributed by atoms with van der Waals surface area (Å²) in [5, 5.41) is 0. The van der Waals surface area contributed by atoms with Gasteiger partial charge in [-0.25, -0.2) is 4.39 Å². The van der Waals surface area contributed by atoms with Crippen LogP contribution in [0.25, 0.3) is 0 Å². The van der Waals surface area contributed by atoms with Gasteiger partial charge in [0.15, 0.2) is 0 Å². The molecule has 0 saturated carbocycles. The van der Waals surface area contributed by atoms with Crippen LogP contribution in [0.3, 0.4) is 0 Å². The number of ether oxygens (including phenoxy) is 1. The van der Waals surface area contributed by atoms with E-state index in [0.717, 1.165) is 10.0 Å². The van der Waals surface area contributed by atoms with Crippen LogP contribution in [0.5, 0.6) is 11.5 Å². The highest BCUT2D eigenvalue weighted by molar-refractivity contribution is 9.10. The molecule has 0 fully saturated rings. The monoisotopic (exact) mass is 281 g/mol. The fourth-order valence-electron chi connectivity index (χ4n) is 1.29. The summed E-state index contributed by atoms with van der Waals surface area (Å²) in [6.07, 6.45) is 3.28. The molecule has 1 aromatic carbocycles. The zero-order valence-corrected chi connectivity index (χ0v) is 10.2. The second kappa shape index (κ2) is 4.61. The molecular formula is C12H9BrFNO. The van der Waals surface area contributed by atoms with E-state index in [1.54, 1.807) is 31.5 Å². The topological polar surface area (TPSA) is 22.1 Å². The Morgan fingerprint density at radius 2 is 2.06 bits per heavy atom. The Kier molecular flexibility index (Phi) is 3.19. The van der Waals surface area contributed by atoms with Gasteiger partial charge < -0.3 is 4.74 Å². The van der Waals surface area contributed by atoms with E-state index in [0.29, 0.717) is 11.5 Å². The highest BCUT2D eigenvalue weighted by Crippen LogP contribution is 2.30. The first-order valence-corrected chi connectivity index (χ1v) is 5.49. The average Bonchev–Trinajstić information content (AvgIpc) is 2.25. The highest BCUT2D eigenvalue weighted by atomic mass is 79.9. The minimum Gasteiger partial charge on any atom is -0.456 e. The number of hydrogen-bond donors (Lipinski definition) is 0. The summed E-state index contributed by atoms with van der Waals surface area (Å²) in [4.78, 5) is 3.94. The van der Waals surface area contributed by atoms with E-state index >= 15 is 0 Å². The van der Waals surface area contributed by atoms with Gasteiger partial charge in [-0.1, -0.05) is 0 Å². The summed E-state index contributed by atoms with van der Waals surface area (Å²) < 4.78 is 19.3. The number of pyridine rings is 1. The Morgan fingerprint density at radius 1 is 1.25 bits per heavy atom. The van der Waals surface area contributed by atoms with Gasteiger partial charge in [0.25, 0.3) is 0 Å². The molecule has 0 aliphatic heterocycles. The van der Waals surface area contributed by atoms with Crippen molar-refractivity contribution in [3.8, 4) is 11.5 Å². The third-order valence-electron chi connectivity index (χ3n) is 2.09. The van der Waals surface area contributed by atoms with Gasteiger partial charge >= 0.3 is 0 Å². The standard InChI is InChI=1S/C12H9BrFNO/c1-8-6-9(14)2-3-11(8)16-12-4-5-15-7-10(12)13/h2-7H,1H3. The second-order valence-electron chi connectivity index (χ2n) is 3.32. The number of halogens is 2. The molecule has 0 aliphatic rings. The number of benzene rings is 1. The maximum absolute atomic E-state index is 12.9. The van der Waals surface area contributed by atoms with Crippen molar-refractivity contribution in [3.05, 3.63) is 52.5 Å². The van der Waals surface area contributed by atoms with E-state index in [9.17, 15) is 4.39 Å². The average molecular weight is 282 g/mol. The third kappa shape index (κ3) is 2.39. The van der Waals surface area contributed by atoms with Gasteiger partial charge in [-0.3, -0.25) is 4.98 Å². The zero-order valence-electron chi connectivity index (χ0n) is 8.58. The summed E-state index contributed by atoms with van der Waals surface area (Å²) in [7, 11) is 0. The van der Waals surface area contributed by atoms with Crippen molar-refractivity contribution >= 4 is 15.9 Å². The lowest BCUT2D eigenvalue weighted by atomic mass is 10.2. The molecule has 0 bridgehead atoms. The molecule has 0 spiro atoms. The van der Waals surface area contributed by atoms with E-state index in [2.05, 4.69) is 20.9 Å². The first-order valence-electron chi connectivity index (χ1n) is 4.70. The van der Waals surface area contributed by atoms with Gasteiger partial charge in [-0.15, -0.1) is 0 Å².